The van der Waals surface area contributed by atoms with Gasteiger partial charge < -0.3 is 34.2 Å². The highest BCUT2D eigenvalue weighted by molar-refractivity contribution is 7.47. The molecule has 0 aromatic heterocycles. The maximum atomic E-state index is 12.8. The lowest BCUT2D eigenvalue weighted by Gasteiger charge is -2.21. The second-order valence-corrected chi connectivity index (χ2v) is 24.1. The van der Waals surface area contributed by atoms with Gasteiger partial charge in [0.2, 0.25) is 0 Å². The molecular formula is C65H114O16P2. The van der Waals surface area contributed by atoms with Gasteiger partial charge in [-0.3, -0.25) is 32.5 Å². The summed E-state index contributed by atoms with van der Waals surface area (Å²) in [6.07, 6.45) is 60.9. The fraction of sp³-hybridized carbons (Fsp3) is 0.738. The lowest BCUT2D eigenvalue weighted by Crippen LogP contribution is -2.30. The maximum absolute atomic E-state index is 12.8. The monoisotopic (exact) mass is 1210 g/mol. The Labute approximate surface area is 502 Å². The third kappa shape index (κ3) is 60.2. The third-order valence-electron chi connectivity index (χ3n) is 13.0. The number of esters is 3. The van der Waals surface area contributed by atoms with Crippen LogP contribution in [0.2, 0.25) is 0 Å². The van der Waals surface area contributed by atoms with Gasteiger partial charge in [0.1, 0.15) is 25.4 Å². The van der Waals surface area contributed by atoms with Crippen molar-refractivity contribution in [1.29, 1.82) is 0 Å². The van der Waals surface area contributed by atoms with E-state index in [9.17, 15) is 43.5 Å². The first-order chi connectivity index (χ1) is 40.2. The summed E-state index contributed by atoms with van der Waals surface area (Å²) in [4.78, 5) is 58.1. The van der Waals surface area contributed by atoms with Crippen molar-refractivity contribution in [2.45, 2.75) is 270 Å². The average Bonchev–Trinajstić information content (AvgIpc) is 3.46. The van der Waals surface area contributed by atoms with Crippen LogP contribution >= 0.6 is 15.6 Å². The number of unbranched alkanes of at least 4 members (excludes halogenated alkanes) is 23. The maximum Gasteiger partial charge on any atom is 0.472 e. The van der Waals surface area contributed by atoms with Crippen LogP contribution in [0.1, 0.15) is 252 Å². The SMILES string of the molecule is CCC/C=C\C/C=C\CCCCCCCC(=O)OCC(COP(=O)(O)OCC(O)COP(=O)(O)OCC(O)COC(=O)CCCCCCCCC/C=C\C/C=C\C/C=C\C/C=C\CCCCC)OC(=O)CCCCCCC/C=C\CCCC. The lowest BCUT2D eigenvalue weighted by molar-refractivity contribution is -0.161. The standard InChI is InChI=1S/C65H114O16P2/c1-4-7-10-13-16-19-22-24-25-26-27-28-29-30-31-32-33-35-38-39-42-45-48-51-63(68)75-54-60(66)55-77-82(71,72)78-56-61(67)57-79-83(73,74)80-59-62(81-65(70)53-50-47-44-41-36-21-18-15-12-9-6-3)58-76-64(69)52-49-46-43-40-37-34-23-20-17-14-11-8-5-2/h11,14-16,18-20,23-25,27-28,30-31,60-62,66-67H,4-10,12-13,17,21-22,26,29,32-59H2,1-3H3,(H,71,72)(H,73,74)/b14-11-,18-15-,19-16-,23-20-,25-24-,28-27-,31-30-. The molecule has 5 unspecified atom stereocenters. The molecule has 0 aromatic carbocycles. The summed E-state index contributed by atoms with van der Waals surface area (Å²) >= 11 is 0. The van der Waals surface area contributed by atoms with Gasteiger partial charge >= 0.3 is 33.6 Å². The molecule has 0 radical (unpaired) electrons. The number of allylic oxidation sites excluding steroid dienone is 14. The van der Waals surface area contributed by atoms with Crippen LogP contribution in [0.4, 0.5) is 0 Å². The van der Waals surface area contributed by atoms with Crippen LogP contribution in [0.5, 0.6) is 0 Å². The molecule has 0 heterocycles. The summed E-state index contributed by atoms with van der Waals surface area (Å²) in [5.41, 5.74) is 0. The smallest absolute Gasteiger partial charge is 0.463 e. The number of hydrogen-bond acceptors (Lipinski definition) is 14. The molecule has 0 rings (SSSR count). The molecule has 0 aliphatic carbocycles. The molecule has 0 aliphatic heterocycles. The molecule has 0 amide bonds. The van der Waals surface area contributed by atoms with Crippen LogP contribution < -0.4 is 0 Å². The second kappa shape index (κ2) is 59.1. The van der Waals surface area contributed by atoms with Crippen LogP contribution in [0.15, 0.2) is 85.1 Å². The molecule has 480 valence electrons. The van der Waals surface area contributed by atoms with E-state index in [4.69, 9.17) is 32.3 Å². The Morgan fingerprint density at radius 3 is 1.05 bits per heavy atom. The molecule has 0 bridgehead atoms. The van der Waals surface area contributed by atoms with E-state index in [1.54, 1.807) is 0 Å². The van der Waals surface area contributed by atoms with Crippen molar-refractivity contribution in [3.63, 3.8) is 0 Å². The molecular weight excluding hydrogens is 1100 g/mol. The van der Waals surface area contributed by atoms with Gasteiger partial charge in [0.25, 0.3) is 0 Å². The van der Waals surface area contributed by atoms with E-state index < -0.39 is 91.5 Å². The number of phosphoric ester groups is 2. The minimum atomic E-state index is -4.92. The van der Waals surface area contributed by atoms with Crippen molar-refractivity contribution < 1.29 is 75.8 Å². The fourth-order valence-electron chi connectivity index (χ4n) is 8.10. The number of aliphatic hydroxyl groups excluding tert-OH is 2. The number of carbonyl (C=O) groups excluding carboxylic acids is 3. The quantitative estimate of drug-likeness (QED) is 0.0146. The van der Waals surface area contributed by atoms with E-state index in [1.807, 2.05) is 0 Å². The van der Waals surface area contributed by atoms with E-state index >= 15 is 0 Å². The van der Waals surface area contributed by atoms with E-state index in [0.717, 1.165) is 154 Å². The molecule has 18 heteroatoms. The van der Waals surface area contributed by atoms with Crippen LogP contribution in [-0.2, 0) is 55.8 Å². The van der Waals surface area contributed by atoms with Gasteiger partial charge in [-0.05, 0) is 109 Å². The largest absolute Gasteiger partial charge is 0.472 e. The van der Waals surface area contributed by atoms with E-state index in [-0.39, 0.29) is 19.3 Å². The highest BCUT2D eigenvalue weighted by atomic mass is 31.2. The summed E-state index contributed by atoms with van der Waals surface area (Å²) in [5, 5.41) is 20.5. The Morgan fingerprint density at radius 2 is 0.639 bits per heavy atom. The number of phosphoric acid groups is 2. The molecule has 0 spiro atoms. The highest BCUT2D eigenvalue weighted by Crippen LogP contribution is 2.45. The zero-order valence-corrected chi connectivity index (χ0v) is 53.4. The van der Waals surface area contributed by atoms with E-state index in [1.165, 1.54) is 38.5 Å². The summed E-state index contributed by atoms with van der Waals surface area (Å²) in [6, 6.07) is 0. The van der Waals surface area contributed by atoms with Crippen LogP contribution in [-0.4, -0.2) is 95.9 Å². The molecule has 83 heavy (non-hydrogen) atoms. The van der Waals surface area contributed by atoms with Crippen molar-refractivity contribution in [3.8, 4) is 0 Å². The van der Waals surface area contributed by atoms with Crippen LogP contribution in [0.25, 0.3) is 0 Å². The first kappa shape index (κ1) is 79.7. The average molecular weight is 1210 g/mol. The predicted molar refractivity (Wildman–Crippen MR) is 334 cm³/mol. The molecule has 16 nitrogen and oxygen atoms in total. The Bertz CT molecular complexity index is 1860. The number of rotatable bonds is 60. The van der Waals surface area contributed by atoms with Gasteiger partial charge in [-0.2, -0.15) is 0 Å². The summed E-state index contributed by atoms with van der Waals surface area (Å²) in [5.74, 6) is -1.61. The van der Waals surface area contributed by atoms with Crippen LogP contribution in [0, 0.1) is 0 Å². The van der Waals surface area contributed by atoms with Crippen LogP contribution in [0.3, 0.4) is 0 Å². The summed E-state index contributed by atoms with van der Waals surface area (Å²) in [6.45, 7) is 2.47. The second-order valence-electron chi connectivity index (χ2n) is 21.2. The fourth-order valence-corrected chi connectivity index (χ4v) is 9.69. The van der Waals surface area contributed by atoms with Gasteiger partial charge in [0, 0.05) is 19.3 Å². The molecule has 0 saturated heterocycles. The normalized spacial score (nSPS) is 14.9. The van der Waals surface area contributed by atoms with Gasteiger partial charge in [0.05, 0.1) is 26.4 Å². The third-order valence-corrected chi connectivity index (χ3v) is 14.9. The van der Waals surface area contributed by atoms with Crippen molar-refractivity contribution in [2.75, 3.05) is 39.6 Å². The highest BCUT2D eigenvalue weighted by Gasteiger charge is 2.29. The molecule has 0 saturated carbocycles. The zero-order valence-electron chi connectivity index (χ0n) is 51.6. The van der Waals surface area contributed by atoms with E-state index in [0.29, 0.717) is 19.3 Å². The molecule has 4 N–H and O–H groups in total. The lowest BCUT2D eigenvalue weighted by atomic mass is 10.1. The number of ether oxygens (including phenoxy) is 3. The molecule has 5 atom stereocenters. The van der Waals surface area contributed by atoms with Crippen molar-refractivity contribution in [2.24, 2.45) is 0 Å². The minimum Gasteiger partial charge on any atom is -0.463 e. The minimum absolute atomic E-state index is 0.0909. The Hall–Kier alpha value is -3.27. The Kier molecular flexibility index (Phi) is 56.8. The molecule has 0 fully saturated rings. The number of aliphatic hydroxyl groups is 2. The van der Waals surface area contributed by atoms with Gasteiger partial charge in [-0.1, -0.05) is 209 Å². The Morgan fingerprint density at radius 1 is 0.337 bits per heavy atom. The molecule has 0 aromatic rings. The number of carbonyl (C=O) groups is 3. The summed E-state index contributed by atoms with van der Waals surface area (Å²) in [7, 11) is -9.77. The summed E-state index contributed by atoms with van der Waals surface area (Å²) < 4.78 is 60.6. The number of hydrogen-bond donors (Lipinski definition) is 4. The van der Waals surface area contributed by atoms with Gasteiger partial charge in [-0.25, -0.2) is 9.13 Å². The zero-order chi connectivity index (χ0) is 61.0. The van der Waals surface area contributed by atoms with Crippen molar-refractivity contribution in [1.82, 2.24) is 0 Å². The topological polar surface area (TPSA) is 231 Å². The molecule has 0 aliphatic rings. The van der Waals surface area contributed by atoms with E-state index in [2.05, 4.69) is 106 Å². The first-order valence-corrected chi connectivity index (χ1v) is 34.9. The van der Waals surface area contributed by atoms with Crippen molar-refractivity contribution in [3.05, 3.63) is 85.1 Å². The van der Waals surface area contributed by atoms with Gasteiger partial charge in [-0.15, -0.1) is 0 Å². The predicted octanol–water partition coefficient (Wildman–Crippen LogP) is 17.0. The first-order valence-electron chi connectivity index (χ1n) is 31.9. The van der Waals surface area contributed by atoms with Crippen molar-refractivity contribution >= 4 is 33.6 Å². The van der Waals surface area contributed by atoms with Gasteiger partial charge in [0.15, 0.2) is 6.10 Å². The Balaban J connectivity index is 4.53.